The van der Waals surface area contributed by atoms with E-state index in [9.17, 15) is 24.6 Å². The predicted octanol–water partition coefficient (Wildman–Crippen LogP) is 4.01. The molecular formula is C29H37O9. The second-order valence-corrected chi connectivity index (χ2v) is 12.6. The monoisotopic (exact) mass is 529 g/mol. The first-order valence-corrected chi connectivity index (χ1v) is 13.2. The number of carbonyl (C=O) groups excluding carboxylic acids is 2. The summed E-state index contributed by atoms with van der Waals surface area (Å²) in [5.41, 5.74) is -2.14. The molecule has 9 heteroatoms. The Bertz CT molecular complexity index is 1150. The van der Waals surface area contributed by atoms with Gasteiger partial charge in [0.15, 0.2) is 0 Å². The minimum atomic E-state index is -1.14. The van der Waals surface area contributed by atoms with Crippen LogP contribution in [0.15, 0.2) is 35.2 Å². The minimum Gasteiger partial charge on any atom is -0.481 e. The van der Waals surface area contributed by atoms with Crippen LogP contribution in [0.2, 0.25) is 0 Å². The molecule has 2 N–H and O–H groups in total. The first kappa shape index (κ1) is 26.9. The molecule has 4 fully saturated rings. The van der Waals surface area contributed by atoms with Crippen molar-refractivity contribution >= 4 is 17.9 Å². The zero-order valence-electron chi connectivity index (χ0n) is 22.6. The third-order valence-electron chi connectivity index (χ3n) is 10.2. The minimum absolute atomic E-state index is 0.0579. The largest absolute Gasteiger partial charge is 0.481 e. The Morgan fingerprint density at radius 1 is 1.26 bits per heavy atom. The SMILES string of the molecule is C=C1[C@H]2[C@H](O)C[C@@]3(C)[C@H](c4ccoc4)OC(=O)C[C@]13O[C@H]1C[C@H](OC(C)=O)C(C)(C)[C@H]([CH]CC(=O)O)[C@]12C. The Morgan fingerprint density at radius 2 is 1.97 bits per heavy atom. The Morgan fingerprint density at radius 3 is 2.58 bits per heavy atom. The van der Waals surface area contributed by atoms with Crippen molar-refractivity contribution in [1.29, 1.82) is 0 Å². The number of rotatable bonds is 5. The van der Waals surface area contributed by atoms with E-state index in [2.05, 4.69) is 6.58 Å². The summed E-state index contributed by atoms with van der Waals surface area (Å²) in [6, 6.07) is 1.74. The summed E-state index contributed by atoms with van der Waals surface area (Å²) in [6.45, 7) is 13.7. The summed E-state index contributed by atoms with van der Waals surface area (Å²) >= 11 is 0. The summed E-state index contributed by atoms with van der Waals surface area (Å²) in [5.74, 6) is -2.74. The molecule has 0 aromatic carbocycles. The zero-order chi connectivity index (χ0) is 27.8. The molecule has 1 aromatic rings. The summed E-state index contributed by atoms with van der Waals surface area (Å²) in [5, 5.41) is 21.4. The number of ether oxygens (including phenoxy) is 3. The molecule has 9 atom stereocenters. The number of aliphatic hydroxyl groups is 1. The second-order valence-electron chi connectivity index (χ2n) is 12.6. The number of aliphatic hydroxyl groups excluding tert-OH is 1. The average molecular weight is 530 g/mol. The molecule has 2 saturated carbocycles. The summed E-state index contributed by atoms with van der Waals surface area (Å²) in [6.07, 6.45) is 2.45. The number of hydrogen-bond acceptors (Lipinski definition) is 8. The number of furan rings is 1. The molecule has 1 aromatic heterocycles. The van der Waals surface area contributed by atoms with Gasteiger partial charge >= 0.3 is 17.9 Å². The van der Waals surface area contributed by atoms with Crippen molar-refractivity contribution in [3.63, 3.8) is 0 Å². The number of aliphatic carboxylic acids is 1. The van der Waals surface area contributed by atoms with Gasteiger partial charge in [-0.3, -0.25) is 14.4 Å². The topological polar surface area (TPSA) is 132 Å². The van der Waals surface area contributed by atoms with Gasteiger partial charge in [0.05, 0.1) is 31.2 Å². The lowest BCUT2D eigenvalue weighted by molar-refractivity contribution is -0.325. The van der Waals surface area contributed by atoms with Gasteiger partial charge < -0.3 is 28.8 Å². The van der Waals surface area contributed by atoms with Gasteiger partial charge in [-0.05, 0) is 30.4 Å². The van der Waals surface area contributed by atoms with Crippen LogP contribution in [-0.4, -0.2) is 52.0 Å². The molecule has 5 rings (SSSR count). The van der Waals surface area contributed by atoms with Crippen molar-refractivity contribution in [2.24, 2.45) is 28.1 Å². The Kier molecular flexibility index (Phi) is 6.15. The normalized spacial score (nSPS) is 43.4. The second kappa shape index (κ2) is 8.68. The molecule has 2 saturated heterocycles. The average Bonchev–Trinajstić information content (AvgIpc) is 3.32. The van der Waals surface area contributed by atoms with E-state index in [1.54, 1.807) is 12.5 Å². The number of fused-ring (bicyclic) bond motifs is 3. The van der Waals surface area contributed by atoms with Crippen molar-refractivity contribution in [3.8, 4) is 0 Å². The van der Waals surface area contributed by atoms with Crippen LogP contribution in [0.25, 0.3) is 0 Å². The molecule has 1 spiro atoms. The molecule has 207 valence electrons. The third-order valence-corrected chi connectivity index (χ3v) is 10.2. The molecular weight excluding hydrogens is 492 g/mol. The van der Waals surface area contributed by atoms with Gasteiger partial charge in [0.25, 0.3) is 0 Å². The fourth-order valence-electron chi connectivity index (χ4n) is 8.55. The fourth-order valence-corrected chi connectivity index (χ4v) is 8.55. The molecule has 2 aliphatic heterocycles. The van der Waals surface area contributed by atoms with Crippen molar-refractivity contribution in [3.05, 3.63) is 42.7 Å². The van der Waals surface area contributed by atoms with Crippen LogP contribution in [-0.2, 0) is 28.6 Å². The van der Waals surface area contributed by atoms with Crippen LogP contribution in [0.4, 0.5) is 0 Å². The van der Waals surface area contributed by atoms with E-state index < -0.39 is 76.0 Å². The molecule has 3 heterocycles. The maximum Gasteiger partial charge on any atom is 0.309 e. The van der Waals surface area contributed by atoms with E-state index >= 15 is 0 Å². The molecule has 0 unspecified atom stereocenters. The first-order valence-electron chi connectivity index (χ1n) is 13.2. The fraction of sp³-hybridized carbons (Fsp3) is 0.655. The van der Waals surface area contributed by atoms with Crippen molar-refractivity contribution in [2.75, 3.05) is 0 Å². The highest BCUT2D eigenvalue weighted by Crippen LogP contribution is 2.72. The van der Waals surface area contributed by atoms with E-state index in [4.69, 9.17) is 18.6 Å². The Labute approximate surface area is 222 Å². The van der Waals surface area contributed by atoms with Gasteiger partial charge in [-0.15, -0.1) is 0 Å². The van der Waals surface area contributed by atoms with E-state index in [1.165, 1.54) is 19.5 Å². The zero-order valence-corrected chi connectivity index (χ0v) is 22.6. The smallest absolute Gasteiger partial charge is 0.309 e. The summed E-state index contributed by atoms with van der Waals surface area (Å²) in [7, 11) is 0. The molecule has 2 bridgehead atoms. The van der Waals surface area contributed by atoms with Gasteiger partial charge in [-0.2, -0.15) is 0 Å². The van der Waals surface area contributed by atoms with E-state index in [0.717, 1.165) is 0 Å². The lowest BCUT2D eigenvalue weighted by Crippen LogP contribution is -2.75. The summed E-state index contributed by atoms with van der Waals surface area (Å²) in [4.78, 5) is 36.9. The molecule has 38 heavy (non-hydrogen) atoms. The molecule has 9 nitrogen and oxygen atoms in total. The van der Waals surface area contributed by atoms with Gasteiger partial charge in [-0.25, -0.2) is 0 Å². The molecule has 1 radical (unpaired) electrons. The van der Waals surface area contributed by atoms with Gasteiger partial charge in [0, 0.05) is 47.5 Å². The number of carbonyl (C=O) groups is 3. The maximum absolute atomic E-state index is 13.1. The number of esters is 2. The first-order chi connectivity index (χ1) is 17.7. The van der Waals surface area contributed by atoms with Gasteiger partial charge in [0.1, 0.15) is 17.8 Å². The van der Waals surface area contributed by atoms with Gasteiger partial charge in [0.2, 0.25) is 0 Å². The Balaban J connectivity index is 1.66. The number of hydrogen-bond donors (Lipinski definition) is 2. The van der Waals surface area contributed by atoms with E-state index in [-0.39, 0.29) is 19.3 Å². The number of carboxylic acids is 1. The van der Waals surface area contributed by atoms with E-state index in [0.29, 0.717) is 17.6 Å². The van der Waals surface area contributed by atoms with Crippen LogP contribution < -0.4 is 0 Å². The van der Waals surface area contributed by atoms with Crippen LogP contribution in [0.5, 0.6) is 0 Å². The highest BCUT2D eigenvalue weighted by molar-refractivity contribution is 5.74. The standard InChI is InChI=1S/C29H37O9/c1-15-24-18(31)12-27(5)25(17-9-10-35-14-17)37-23(34)13-29(15,27)38-21-11-20(36-16(2)30)26(3,4)19(28(21,24)6)7-8-22(32)33/h7,9-10,14,18-21,24-25,31H,1,8,11-13H2,2-6H3,(H,32,33)/t18-,19+,20+,21+,24+,25+,27+,28-,29+/m1/s1. The van der Waals surface area contributed by atoms with Crippen LogP contribution in [0, 0.1) is 34.5 Å². The van der Waals surface area contributed by atoms with Crippen molar-refractivity contribution < 1.29 is 43.2 Å². The molecule has 0 amide bonds. The summed E-state index contributed by atoms with van der Waals surface area (Å²) < 4.78 is 24.0. The predicted molar refractivity (Wildman–Crippen MR) is 133 cm³/mol. The van der Waals surface area contributed by atoms with E-state index in [1.807, 2.05) is 27.7 Å². The number of carboxylic acid groups (broad SMARTS) is 1. The lowest BCUT2D eigenvalue weighted by atomic mass is 9.40. The highest BCUT2D eigenvalue weighted by atomic mass is 16.6. The van der Waals surface area contributed by atoms with Crippen LogP contribution in [0.1, 0.15) is 72.0 Å². The highest BCUT2D eigenvalue weighted by Gasteiger charge is 2.75. The lowest BCUT2D eigenvalue weighted by Gasteiger charge is -2.72. The molecule has 2 aliphatic carbocycles. The maximum atomic E-state index is 13.1. The Hall–Kier alpha value is -2.65. The third kappa shape index (κ3) is 3.54. The van der Waals surface area contributed by atoms with Crippen LogP contribution in [0.3, 0.4) is 0 Å². The van der Waals surface area contributed by atoms with Crippen molar-refractivity contribution in [1.82, 2.24) is 0 Å². The number of cyclic esters (lactones) is 1. The van der Waals surface area contributed by atoms with Crippen molar-refractivity contribution in [2.45, 2.75) is 90.3 Å². The van der Waals surface area contributed by atoms with Gasteiger partial charge in [-0.1, -0.05) is 34.3 Å². The quantitative estimate of drug-likeness (QED) is 0.429. The van der Waals surface area contributed by atoms with Crippen LogP contribution >= 0.6 is 0 Å². The molecule has 4 aliphatic rings.